The van der Waals surface area contributed by atoms with Crippen molar-refractivity contribution in [3.05, 3.63) is 42.5 Å². The second-order valence-corrected chi connectivity index (χ2v) is 8.40. The monoisotopic (exact) mass is 420 g/mol. The van der Waals surface area contributed by atoms with Crippen LogP contribution in [0.3, 0.4) is 0 Å². The molecule has 2 aromatic carbocycles. The van der Waals surface area contributed by atoms with E-state index in [-0.39, 0.29) is 17.3 Å². The van der Waals surface area contributed by atoms with Gasteiger partial charge in [0.2, 0.25) is 15.9 Å². The molecule has 8 nitrogen and oxygen atoms in total. The van der Waals surface area contributed by atoms with Gasteiger partial charge in [-0.2, -0.15) is 4.31 Å². The van der Waals surface area contributed by atoms with Crippen LogP contribution in [0.4, 0.5) is 5.69 Å². The molecule has 9 heteroatoms. The number of hydrogen-bond acceptors (Lipinski definition) is 6. The first-order chi connectivity index (χ1) is 13.9. The Morgan fingerprint density at radius 1 is 1.00 bits per heavy atom. The van der Waals surface area contributed by atoms with E-state index in [9.17, 15) is 13.2 Å². The van der Waals surface area contributed by atoms with Gasteiger partial charge in [0.25, 0.3) is 0 Å². The highest BCUT2D eigenvalue weighted by atomic mass is 32.2. The van der Waals surface area contributed by atoms with E-state index in [0.29, 0.717) is 35.8 Å². The number of methoxy groups -OCH3 is 3. The summed E-state index contributed by atoms with van der Waals surface area (Å²) >= 11 is 0. The van der Waals surface area contributed by atoms with Gasteiger partial charge in [-0.3, -0.25) is 4.79 Å². The van der Waals surface area contributed by atoms with Crippen LogP contribution in [0.2, 0.25) is 0 Å². The van der Waals surface area contributed by atoms with Crippen LogP contribution in [0.1, 0.15) is 12.8 Å². The number of rotatable bonds is 7. The van der Waals surface area contributed by atoms with Crippen LogP contribution < -0.4 is 19.5 Å². The first-order valence-electron chi connectivity index (χ1n) is 9.09. The molecule has 0 aliphatic carbocycles. The molecule has 1 amide bonds. The third-order valence-electron chi connectivity index (χ3n) is 4.83. The highest BCUT2D eigenvalue weighted by Crippen LogP contribution is 2.33. The van der Waals surface area contributed by atoms with Gasteiger partial charge in [-0.05, 0) is 49.2 Å². The molecule has 0 aromatic heterocycles. The Balaban J connectivity index is 1.82. The molecule has 1 fully saturated rings. The molecule has 1 aliphatic rings. The number of carbonyl (C=O) groups excluding carboxylic acids is 1. The zero-order chi connectivity index (χ0) is 21.0. The summed E-state index contributed by atoms with van der Waals surface area (Å²) in [5.41, 5.74) is 0.575. The molecular weight excluding hydrogens is 396 g/mol. The second kappa shape index (κ2) is 8.71. The Labute approximate surface area is 170 Å². The number of anilines is 1. The molecule has 0 bridgehead atoms. The molecule has 1 heterocycles. The van der Waals surface area contributed by atoms with Crippen LogP contribution in [-0.2, 0) is 14.8 Å². The predicted molar refractivity (Wildman–Crippen MR) is 108 cm³/mol. The molecule has 0 spiro atoms. The molecule has 1 N–H and O–H groups in total. The van der Waals surface area contributed by atoms with Crippen molar-refractivity contribution in [1.82, 2.24) is 4.31 Å². The molecule has 1 atom stereocenters. The minimum atomic E-state index is -3.88. The van der Waals surface area contributed by atoms with E-state index in [0.717, 1.165) is 0 Å². The van der Waals surface area contributed by atoms with Crippen molar-refractivity contribution in [3.63, 3.8) is 0 Å². The summed E-state index contributed by atoms with van der Waals surface area (Å²) < 4.78 is 43.1. The average molecular weight is 420 g/mol. The number of benzene rings is 2. The van der Waals surface area contributed by atoms with Gasteiger partial charge >= 0.3 is 0 Å². The lowest BCUT2D eigenvalue weighted by atomic mass is 10.2. The fourth-order valence-corrected chi connectivity index (χ4v) is 4.97. The Hall–Kier alpha value is -2.78. The predicted octanol–water partition coefficient (Wildman–Crippen LogP) is 2.50. The first kappa shape index (κ1) is 20.9. The topological polar surface area (TPSA) is 94.2 Å². The largest absolute Gasteiger partial charge is 0.497 e. The van der Waals surface area contributed by atoms with Crippen molar-refractivity contribution in [2.45, 2.75) is 23.8 Å². The van der Waals surface area contributed by atoms with Crippen LogP contribution in [0.25, 0.3) is 0 Å². The lowest BCUT2D eigenvalue weighted by Gasteiger charge is -2.24. The van der Waals surface area contributed by atoms with Gasteiger partial charge in [-0.15, -0.1) is 0 Å². The summed E-state index contributed by atoms with van der Waals surface area (Å²) in [6.45, 7) is 0.275. The van der Waals surface area contributed by atoms with Gasteiger partial charge in [-0.1, -0.05) is 0 Å². The summed E-state index contributed by atoms with van der Waals surface area (Å²) in [5, 5.41) is 2.78. The maximum atomic E-state index is 13.2. The zero-order valence-electron chi connectivity index (χ0n) is 16.5. The van der Waals surface area contributed by atoms with Crippen molar-refractivity contribution in [2.75, 3.05) is 33.2 Å². The van der Waals surface area contributed by atoms with E-state index in [1.807, 2.05) is 0 Å². The van der Waals surface area contributed by atoms with E-state index in [1.54, 1.807) is 31.4 Å². The van der Waals surface area contributed by atoms with Gasteiger partial charge in [0, 0.05) is 18.3 Å². The maximum Gasteiger partial charge on any atom is 0.243 e. The van der Waals surface area contributed by atoms with Gasteiger partial charge in [0.05, 0.1) is 26.2 Å². The third-order valence-corrected chi connectivity index (χ3v) is 6.73. The molecule has 3 rings (SSSR count). The molecule has 1 aliphatic heterocycles. The quantitative estimate of drug-likeness (QED) is 0.740. The molecule has 1 saturated heterocycles. The smallest absolute Gasteiger partial charge is 0.243 e. The van der Waals surface area contributed by atoms with E-state index >= 15 is 0 Å². The van der Waals surface area contributed by atoms with Gasteiger partial charge in [-0.25, -0.2) is 8.42 Å². The van der Waals surface area contributed by atoms with E-state index in [4.69, 9.17) is 14.2 Å². The highest BCUT2D eigenvalue weighted by Gasteiger charge is 2.39. The molecule has 156 valence electrons. The molecule has 1 unspecified atom stereocenters. The van der Waals surface area contributed by atoms with Crippen molar-refractivity contribution in [1.29, 1.82) is 0 Å². The second-order valence-electron chi connectivity index (χ2n) is 6.51. The summed E-state index contributed by atoms with van der Waals surface area (Å²) in [6.07, 6.45) is 1.06. The summed E-state index contributed by atoms with van der Waals surface area (Å²) in [5.74, 6) is 1.05. The van der Waals surface area contributed by atoms with Crippen molar-refractivity contribution in [3.8, 4) is 17.2 Å². The SMILES string of the molecule is COc1ccc(NC(=O)C2CCCN2S(=O)(=O)c2ccc(OC)c(OC)c2)cc1. The fourth-order valence-electron chi connectivity index (χ4n) is 3.30. The lowest BCUT2D eigenvalue weighted by Crippen LogP contribution is -2.43. The minimum Gasteiger partial charge on any atom is -0.497 e. The highest BCUT2D eigenvalue weighted by molar-refractivity contribution is 7.89. The zero-order valence-corrected chi connectivity index (χ0v) is 17.4. The fraction of sp³-hybridized carbons (Fsp3) is 0.350. The van der Waals surface area contributed by atoms with Crippen molar-refractivity contribution < 1.29 is 27.4 Å². The number of hydrogen-bond donors (Lipinski definition) is 1. The number of carbonyl (C=O) groups is 1. The number of nitrogens with one attached hydrogen (secondary N) is 1. The lowest BCUT2D eigenvalue weighted by molar-refractivity contribution is -0.119. The Bertz CT molecular complexity index is 975. The van der Waals surface area contributed by atoms with E-state index < -0.39 is 16.1 Å². The Morgan fingerprint density at radius 2 is 1.69 bits per heavy atom. The van der Waals surface area contributed by atoms with Gasteiger partial charge in [0.15, 0.2) is 11.5 Å². The van der Waals surface area contributed by atoms with Gasteiger partial charge < -0.3 is 19.5 Å². The summed E-state index contributed by atoms with van der Waals surface area (Å²) in [4.78, 5) is 12.8. The van der Waals surface area contributed by atoms with E-state index in [1.165, 1.54) is 36.7 Å². The number of ether oxygens (including phenoxy) is 3. The number of sulfonamides is 1. The number of nitrogens with zero attached hydrogens (tertiary/aromatic N) is 1. The molecular formula is C20H24N2O6S. The van der Waals surface area contributed by atoms with Crippen molar-refractivity contribution in [2.24, 2.45) is 0 Å². The number of amides is 1. The normalized spacial score (nSPS) is 17.0. The Kier molecular flexibility index (Phi) is 6.29. The standard InChI is InChI=1S/C20H24N2O6S/c1-26-15-8-6-14(7-9-15)21-20(23)17-5-4-12-22(17)29(24,25)16-10-11-18(27-2)19(13-16)28-3/h6-11,13,17H,4-5,12H2,1-3H3,(H,21,23). The average Bonchev–Trinajstić information content (AvgIpc) is 3.24. The summed E-state index contributed by atoms with van der Waals surface area (Å²) in [6, 6.07) is 10.5. The Morgan fingerprint density at radius 3 is 2.31 bits per heavy atom. The van der Waals surface area contributed by atoms with Crippen LogP contribution in [0.5, 0.6) is 17.2 Å². The molecule has 2 aromatic rings. The van der Waals surface area contributed by atoms with Gasteiger partial charge in [0.1, 0.15) is 11.8 Å². The summed E-state index contributed by atoms with van der Waals surface area (Å²) in [7, 11) is 0.600. The maximum absolute atomic E-state index is 13.2. The van der Waals surface area contributed by atoms with E-state index in [2.05, 4.69) is 5.32 Å². The van der Waals surface area contributed by atoms with Crippen LogP contribution in [0, 0.1) is 0 Å². The first-order valence-corrected chi connectivity index (χ1v) is 10.5. The molecule has 0 saturated carbocycles. The van der Waals surface area contributed by atoms with Crippen LogP contribution in [-0.4, -0.2) is 52.5 Å². The van der Waals surface area contributed by atoms with Crippen molar-refractivity contribution >= 4 is 21.6 Å². The van der Waals surface area contributed by atoms with Crippen LogP contribution >= 0.6 is 0 Å². The minimum absolute atomic E-state index is 0.0549. The molecule has 29 heavy (non-hydrogen) atoms. The molecule has 0 radical (unpaired) electrons. The van der Waals surface area contributed by atoms with Crippen LogP contribution in [0.15, 0.2) is 47.4 Å². The third kappa shape index (κ3) is 4.30.